The summed E-state index contributed by atoms with van der Waals surface area (Å²) >= 11 is 0. The molecular formula is C14H27N3O3. The predicted octanol–water partition coefficient (Wildman–Crippen LogP) is 1.27. The molecule has 1 aliphatic heterocycles. The van der Waals surface area contributed by atoms with Gasteiger partial charge in [-0.15, -0.1) is 0 Å². The Balaban J connectivity index is 2.29. The molecule has 0 bridgehead atoms. The van der Waals surface area contributed by atoms with E-state index in [4.69, 9.17) is 5.11 Å². The molecule has 1 rings (SSSR count). The Kier molecular flexibility index (Phi) is 6.26. The van der Waals surface area contributed by atoms with E-state index >= 15 is 0 Å². The number of hydrogen-bond donors (Lipinski definition) is 3. The molecule has 0 aromatic heterocycles. The van der Waals surface area contributed by atoms with Crippen LogP contribution in [-0.2, 0) is 4.79 Å². The topological polar surface area (TPSA) is 81.7 Å². The summed E-state index contributed by atoms with van der Waals surface area (Å²) in [5, 5.41) is 14.4. The van der Waals surface area contributed by atoms with Crippen molar-refractivity contribution in [2.75, 3.05) is 26.2 Å². The number of rotatable bonds is 5. The summed E-state index contributed by atoms with van der Waals surface area (Å²) < 4.78 is 0. The Morgan fingerprint density at radius 3 is 2.30 bits per heavy atom. The second-order valence-electron chi connectivity index (χ2n) is 6.44. The van der Waals surface area contributed by atoms with Gasteiger partial charge in [0.2, 0.25) is 0 Å². The molecule has 0 aromatic rings. The van der Waals surface area contributed by atoms with Crippen molar-refractivity contribution in [1.29, 1.82) is 0 Å². The summed E-state index contributed by atoms with van der Waals surface area (Å²) in [4.78, 5) is 25.2. The van der Waals surface area contributed by atoms with Crippen LogP contribution in [-0.4, -0.2) is 54.2 Å². The maximum atomic E-state index is 11.7. The average molecular weight is 285 g/mol. The molecule has 6 heteroatoms. The molecule has 116 valence electrons. The van der Waals surface area contributed by atoms with Crippen molar-refractivity contribution in [3.05, 3.63) is 0 Å². The van der Waals surface area contributed by atoms with Crippen molar-refractivity contribution < 1.29 is 14.7 Å². The van der Waals surface area contributed by atoms with Crippen LogP contribution in [0.1, 0.15) is 40.0 Å². The lowest BCUT2D eigenvalue weighted by atomic mass is 9.87. The van der Waals surface area contributed by atoms with E-state index in [-0.39, 0.29) is 0 Å². The molecule has 2 amide bonds. The molecule has 0 unspecified atom stereocenters. The standard InChI is InChI=1S/C14H27N3O3/c1-14(2,3)11(12(18)19)16-13(20)15-7-10-17-8-5-4-6-9-17/h11H,4-10H2,1-3H3,(H,18,19)(H2,15,16,20)/t11-/m1/s1. The number of piperidine rings is 1. The Hall–Kier alpha value is -1.30. The molecule has 0 saturated carbocycles. The van der Waals surface area contributed by atoms with Gasteiger partial charge < -0.3 is 20.6 Å². The summed E-state index contributed by atoms with van der Waals surface area (Å²) in [6.45, 7) is 8.91. The predicted molar refractivity (Wildman–Crippen MR) is 77.7 cm³/mol. The fraction of sp³-hybridized carbons (Fsp3) is 0.857. The van der Waals surface area contributed by atoms with Gasteiger partial charge in [0.05, 0.1) is 0 Å². The van der Waals surface area contributed by atoms with E-state index in [0.717, 1.165) is 19.6 Å². The van der Waals surface area contributed by atoms with Gasteiger partial charge in [0.25, 0.3) is 0 Å². The molecule has 6 nitrogen and oxygen atoms in total. The van der Waals surface area contributed by atoms with Gasteiger partial charge in [0.1, 0.15) is 6.04 Å². The lowest BCUT2D eigenvalue weighted by Crippen LogP contribution is -2.53. The maximum absolute atomic E-state index is 11.7. The third-order valence-corrected chi connectivity index (χ3v) is 3.55. The zero-order chi connectivity index (χ0) is 15.2. The number of carbonyl (C=O) groups is 2. The number of carbonyl (C=O) groups excluding carboxylic acids is 1. The molecule has 20 heavy (non-hydrogen) atoms. The fourth-order valence-electron chi connectivity index (χ4n) is 2.34. The minimum atomic E-state index is -1.01. The third-order valence-electron chi connectivity index (χ3n) is 3.55. The molecule has 3 N–H and O–H groups in total. The number of carboxylic acid groups (broad SMARTS) is 1. The minimum absolute atomic E-state index is 0.413. The number of aliphatic carboxylic acids is 1. The number of carboxylic acids is 1. The fourth-order valence-corrected chi connectivity index (χ4v) is 2.34. The van der Waals surface area contributed by atoms with Gasteiger partial charge in [-0.3, -0.25) is 0 Å². The Morgan fingerprint density at radius 1 is 1.20 bits per heavy atom. The molecular weight excluding hydrogens is 258 g/mol. The van der Waals surface area contributed by atoms with Crippen molar-refractivity contribution in [3.63, 3.8) is 0 Å². The molecule has 1 heterocycles. The highest BCUT2D eigenvalue weighted by atomic mass is 16.4. The molecule has 1 saturated heterocycles. The van der Waals surface area contributed by atoms with Crippen LogP contribution in [0.5, 0.6) is 0 Å². The number of nitrogens with zero attached hydrogens (tertiary/aromatic N) is 1. The Bertz CT molecular complexity index is 333. The first-order valence-corrected chi connectivity index (χ1v) is 7.30. The average Bonchev–Trinajstić information content (AvgIpc) is 2.35. The molecule has 0 spiro atoms. The van der Waals surface area contributed by atoms with Crippen LogP contribution in [0.2, 0.25) is 0 Å². The van der Waals surface area contributed by atoms with Crippen LogP contribution in [0, 0.1) is 5.41 Å². The van der Waals surface area contributed by atoms with Crippen molar-refractivity contribution in [2.24, 2.45) is 5.41 Å². The third kappa shape index (κ3) is 5.77. The first-order chi connectivity index (χ1) is 9.30. The molecule has 0 radical (unpaired) electrons. The van der Waals surface area contributed by atoms with Gasteiger partial charge in [-0.05, 0) is 31.3 Å². The van der Waals surface area contributed by atoms with Crippen LogP contribution >= 0.6 is 0 Å². The van der Waals surface area contributed by atoms with Gasteiger partial charge in [-0.2, -0.15) is 0 Å². The van der Waals surface area contributed by atoms with Gasteiger partial charge in [0, 0.05) is 13.1 Å². The molecule has 0 aromatic carbocycles. The van der Waals surface area contributed by atoms with E-state index in [2.05, 4.69) is 15.5 Å². The number of hydrogen-bond acceptors (Lipinski definition) is 3. The molecule has 1 aliphatic rings. The zero-order valence-electron chi connectivity index (χ0n) is 12.7. The van der Waals surface area contributed by atoms with Crippen molar-refractivity contribution in [3.8, 4) is 0 Å². The highest BCUT2D eigenvalue weighted by molar-refractivity contribution is 5.83. The monoisotopic (exact) mass is 285 g/mol. The summed E-state index contributed by atoms with van der Waals surface area (Å²) in [5.41, 5.74) is -0.518. The molecule has 1 atom stereocenters. The van der Waals surface area contributed by atoms with Gasteiger partial charge in [0.15, 0.2) is 0 Å². The van der Waals surface area contributed by atoms with Gasteiger partial charge >= 0.3 is 12.0 Å². The highest BCUT2D eigenvalue weighted by Gasteiger charge is 2.32. The van der Waals surface area contributed by atoms with E-state index in [9.17, 15) is 9.59 Å². The molecule has 0 aliphatic carbocycles. The van der Waals surface area contributed by atoms with E-state index in [0.29, 0.717) is 6.54 Å². The number of likely N-dealkylation sites (tertiary alicyclic amines) is 1. The summed E-state index contributed by atoms with van der Waals surface area (Å²) in [5.74, 6) is -1.01. The first kappa shape index (κ1) is 16.8. The quantitative estimate of drug-likeness (QED) is 0.710. The Morgan fingerprint density at radius 2 is 1.80 bits per heavy atom. The first-order valence-electron chi connectivity index (χ1n) is 7.30. The summed E-state index contributed by atoms with van der Waals surface area (Å²) in [6, 6.07) is -1.30. The number of amides is 2. The maximum Gasteiger partial charge on any atom is 0.326 e. The second kappa shape index (κ2) is 7.47. The van der Waals surface area contributed by atoms with Crippen LogP contribution in [0.25, 0.3) is 0 Å². The molecule has 1 fully saturated rings. The number of urea groups is 1. The van der Waals surface area contributed by atoms with Crippen LogP contribution in [0.3, 0.4) is 0 Å². The van der Waals surface area contributed by atoms with Crippen molar-refractivity contribution >= 4 is 12.0 Å². The zero-order valence-corrected chi connectivity index (χ0v) is 12.7. The van der Waals surface area contributed by atoms with Crippen LogP contribution in [0.4, 0.5) is 4.79 Å². The van der Waals surface area contributed by atoms with Crippen molar-refractivity contribution in [1.82, 2.24) is 15.5 Å². The summed E-state index contributed by atoms with van der Waals surface area (Å²) in [6.07, 6.45) is 3.73. The largest absolute Gasteiger partial charge is 0.480 e. The SMILES string of the molecule is CC(C)(C)[C@H](NC(=O)NCCN1CCCCC1)C(=O)O. The lowest BCUT2D eigenvalue weighted by Gasteiger charge is -2.28. The van der Waals surface area contributed by atoms with E-state index in [1.54, 1.807) is 20.8 Å². The van der Waals surface area contributed by atoms with Crippen LogP contribution < -0.4 is 10.6 Å². The minimum Gasteiger partial charge on any atom is -0.480 e. The van der Waals surface area contributed by atoms with Gasteiger partial charge in [-0.1, -0.05) is 27.2 Å². The van der Waals surface area contributed by atoms with E-state index in [1.807, 2.05) is 0 Å². The van der Waals surface area contributed by atoms with Gasteiger partial charge in [-0.25, -0.2) is 9.59 Å². The smallest absolute Gasteiger partial charge is 0.326 e. The lowest BCUT2D eigenvalue weighted by molar-refractivity contribution is -0.141. The number of nitrogens with one attached hydrogen (secondary N) is 2. The van der Waals surface area contributed by atoms with E-state index in [1.165, 1.54) is 19.3 Å². The van der Waals surface area contributed by atoms with Crippen molar-refractivity contribution in [2.45, 2.75) is 46.1 Å². The highest BCUT2D eigenvalue weighted by Crippen LogP contribution is 2.19. The Labute approximate surface area is 120 Å². The summed E-state index contributed by atoms with van der Waals surface area (Å²) in [7, 11) is 0. The second-order valence-corrected chi connectivity index (χ2v) is 6.44. The van der Waals surface area contributed by atoms with E-state index < -0.39 is 23.5 Å². The normalized spacial score (nSPS) is 18.4. The van der Waals surface area contributed by atoms with Crippen LogP contribution in [0.15, 0.2) is 0 Å².